The largest absolute Gasteiger partial charge is 0.378 e. The molecule has 0 spiro atoms. The van der Waals surface area contributed by atoms with Crippen molar-refractivity contribution in [2.45, 2.75) is 38.5 Å². The van der Waals surface area contributed by atoms with E-state index in [0.29, 0.717) is 44.7 Å². The zero-order valence-electron chi connectivity index (χ0n) is 20.6. The highest BCUT2D eigenvalue weighted by Crippen LogP contribution is 2.53. The number of ether oxygens (including phenoxy) is 1. The van der Waals surface area contributed by atoms with Crippen LogP contribution in [0.5, 0.6) is 0 Å². The van der Waals surface area contributed by atoms with Crippen LogP contribution >= 0.6 is 7.59 Å². The lowest BCUT2D eigenvalue weighted by atomic mass is 10.1. The summed E-state index contributed by atoms with van der Waals surface area (Å²) in [6, 6.07) is 6.54. The Morgan fingerprint density at radius 3 is 2.25 bits per heavy atom. The number of carbonyl (C=O) groups is 1. The van der Waals surface area contributed by atoms with Crippen LogP contribution in [0.15, 0.2) is 41.1 Å². The quantitative estimate of drug-likeness (QED) is 0.332. The lowest BCUT2D eigenvalue weighted by molar-refractivity contribution is -0.384. The molecule has 0 unspecified atom stereocenters. The maximum Gasteiger partial charge on any atom is 0.311 e. The predicted octanol–water partition coefficient (Wildman–Crippen LogP) is 3.77. The minimum atomic E-state index is -3.20. The third-order valence-corrected chi connectivity index (χ3v) is 10.3. The Morgan fingerprint density at radius 2 is 1.64 bits per heavy atom. The first-order valence-corrected chi connectivity index (χ1v) is 14.5. The number of allylic oxidation sites excluding steroid dienone is 1. The third-order valence-electron chi connectivity index (χ3n) is 7.44. The van der Waals surface area contributed by atoms with E-state index < -0.39 is 12.5 Å². The molecule has 0 atom stereocenters. The molecule has 10 nitrogen and oxygen atoms in total. The van der Waals surface area contributed by atoms with Gasteiger partial charge >= 0.3 is 7.59 Å². The van der Waals surface area contributed by atoms with Gasteiger partial charge in [0.15, 0.2) is 0 Å². The number of morpholine rings is 1. The molecule has 194 valence electrons. The van der Waals surface area contributed by atoms with Crippen LogP contribution in [0.4, 0.5) is 5.69 Å². The molecule has 1 N–H and O–H groups in total. The number of nitro benzene ring substituents is 1. The number of hydrogen-bond donors (Lipinski definition) is 1. The molecule has 5 rings (SSSR count). The number of benzene rings is 1. The molecule has 3 aliphatic heterocycles. The summed E-state index contributed by atoms with van der Waals surface area (Å²) in [5.74, 6) is -0.263. The van der Waals surface area contributed by atoms with Crippen LogP contribution in [0, 0.1) is 10.1 Å². The van der Waals surface area contributed by atoms with E-state index in [1.165, 1.54) is 6.07 Å². The molecule has 0 radical (unpaired) electrons. The molecule has 36 heavy (non-hydrogen) atoms. The molecule has 1 aromatic carbocycles. The molecule has 1 aromatic rings. The van der Waals surface area contributed by atoms with E-state index in [0.717, 1.165) is 68.7 Å². The first kappa shape index (κ1) is 25.1. The van der Waals surface area contributed by atoms with Crippen LogP contribution in [0.2, 0.25) is 0 Å². The van der Waals surface area contributed by atoms with Crippen molar-refractivity contribution in [1.29, 1.82) is 0 Å². The minimum absolute atomic E-state index is 0.0365. The van der Waals surface area contributed by atoms with Crippen molar-refractivity contribution in [2.24, 2.45) is 0 Å². The van der Waals surface area contributed by atoms with Crippen LogP contribution in [0.3, 0.4) is 0 Å². The summed E-state index contributed by atoms with van der Waals surface area (Å²) in [5.41, 5.74) is 3.24. The van der Waals surface area contributed by atoms with Gasteiger partial charge in [0, 0.05) is 62.7 Å². The van der Waals surface area contributed by atoms with Crippen molar-refractivity contribution in [3.8, 4) is 0 Å². The van der Waals surface area contributed by atoms with Gasteiger partial charge in [-0.1, -0.05) is 12.1 Å². The van der Waals surface area contributed by atoms with Crippen molar-refractivity contribution in [1.82, 2.24) is 19.3 Å². The number of nitrogens with zero attached hydrogens (tertiary/aromatic N) is 4. The summed E-state index contributed by atoms with van der Waals surface area (Å²) in [7, 11) is -3.20. The average molecular weight is 516 g/mol. The standard InChI is InChI=1S/C25H34N5O5P/c31-25(26-36(34,28-10-1-2-11-28)29-12-3-4-13-29)23-9-8-21(24(23)27-14-16-35-17-15-27)18-20-6-5-7-22(19-20)30(32)33/h5-7,18-19H,1-4,8-17H2,(H,26,31,34)/b21-18+. The van der Waals surface area contributed by atoms with Gasteiger partial charge in [-0.05, 0) is 55.7 Å². The molecule has 0 aromatic heterocycles. The molecule has 1 aliphatic carbocycles. The molecule has 11 heteroatoms. The van der Waals surface area contributed by atoms with E-state index in [-0.39, 0.29) is 11.6 Å². The lowest BCUT2D eigenvalue weighted by Gasteiger charge is -2.35. The molecule has 4 aliphatic rings. The number of non-ortho nitro benzene ring substituents is 1. The summed E-state index contributed by atoms with van der Waals surface area (Å²) < 4.78 is 23.8. The van der Waals surface area contributed by atoms with Crippen LogP contribution in [-0.4, -0.2) is 77.6 Å². The SMILES string of the molecule is O=C(NP(=O)(N1CCCC1)N1CCCC1)C1=C(N2CCOCC2)/C(=C/c2cccc([N+](=O)[O-])c2)CC1. The fourth-order valence-electron chi connectivity index (χ4n) is 5.63. The maximum absolute atomic E-state index is 14.3. The van der Waals surface area contributed by atoms with Crippen molar-refractivity contribution in [2.75, 3.05) is 52.5 Å². The van der Waals surface area contributed by atoms with Crippen LogP contribution in [0.1, 0.15) is 44.1 Å². The number of amides is 1. The van der Waals surface area contributed by atoms with Crippen LogP contribution < -0.4 is 5.09 Å². The summed E-state index contributed by atoms with van der Waals surface area (Å²) in [6.45, 7) is 5.42. The Balaban J connectivity index is 1.48. The number of nitrogens with one attached hydrogen (secondary N) is 1. The van der Waals surface area contributed by atoms with E-state index in [2.05, 4.69) is 9.99 Å². The van der Waals surface area contributed by atoms with Gasteiger partial charge in [0.2, 0.25) is 0 Å². The summed E-state index contributed by atoms with van der Waals surface area (Å²) in [4.78, 5) is 26.8. The van der Waals surface area contributed by atoms with Gasteiger partial charge in [-0.25, -0.2) is 9.34 Å². The highest BCUT2D eigenvalue weighted by atomic mass is 31.2. The van der Waals surface area contributed by atoms with Gasteiger partial charge in [-0.2, -0.15) is 0 Å². The van der Waals surface area contributed by atoms with Crippen LogP contribution in [0.25, 0.3) is 6.08 Å². The Bertz CT molecular complexity index is 1100. The van der Waals surface area contributed by atoms with Crippen molar-refractivity contribution < 1.29 is 19.0 Å². The molecule has 1 amide bonds. The fourth-order valence-corrected chi connectivity index (χ4v) is 8.32. The van der Waals surface area contributed by atoms with Crippen molar-refractivity contribution >= 4 is 25.3 Å². The first-order chi connectivity index (χ1) is 17.5. The van der Waals surface area contributed by atoms with Crippen molar-refractivity contribution in [3.63, 3.8) is 0 Å². The highest BCUT2D eigenvalue weighted by Gasteiger charge is 2.43. The molecule has 3 saturated heterocycles. The summed E-state index contributed by atoms with van der Waals surface area (Å²) in [6.07, 6.45) is 7.10. The second-order valence-electron chi connectivity index (χ2n) is 9.75. The van der Waals surface area contributed by atoms with E-state index in [1.54, 1.807) is 12.1 Å². The Labute approximate surface area is 211 Å². The molecular weight excluding hydrogens is 481 g/mol. The number of hydrogen-bond acceptors (Lipinski definition) is 6. The van der Waals surface area contributed by atoms with E-state index in [9.17, 15) is 19.5 Å². The van der Waals surface area contributed by atoms with Gasteiger partial charge in [0.1, 0.15) is 0 Å². The predicted molar refractivity (Wildman–Crippen MR) is 137 cm³/mol. The van der Waals surface area contributed by atoms with Gasteiger partial charge in [-0.3, -0.25) is 24.6 Å². The van der Waals surface area contributed by atoms with E-state index in [1.807, 2.05) is 21.5 Å². The van der Waals surface area contributed by atoms with Crippen LogP contribution in [-0.2, 0) is 14.1 Å². The maximum atomic E-state index is 14.3. The minimum Gasteiger partial charge on any atom is -0.378 e. The highest BCUT2D eigenvalue weighted by molar-refractivity contribution is 7.57. The third kappa shape index (κ3) is 5.13. The Hall–Kier alpha value is -2.52. The van der Waals surface area contributed by atoms with Gasteiger partial charge in [0.25, 0.3) is 11.6 Å². The molecule has 0 saturated carbocycles. The molecule has 3 heterocycles. The van der Waals surface area contributed by atoms with E-state index in [4.69, 9.17) is 4.74 Å². The molecule has 3 fully saturated rings. The first-order valence-electron chi connectivity index (χ1n) is 12.9. The normalized spacial score (nSPS) is 23.1. The Morgan fingerprint density at radius 1 is 1.00 bits per heavy atom. The number of rotatable bonds is 7. The second-order valence-corrected chi connectivity index (χ2v) is 12.2. The summed E-state index contributed by atoms with van der Waals surface area (Å²) in [5, 5.41) is 14.3. The molecular formula is C25H34N5O5P. The van der Waals surface area contributed by atoms with E-state index >= 15 is 0 Å². The van der Waals surface area contributed by atoms with Gasteiger partial charge in [0.05, 0.1) is 18.1 Å². The zero-order valence-corrected chi connectivity index (χ0v) is 21.5. The summed E-state index contributed by atoms with van der Waals surface area (Å²) >= 11 is 0. The smallest absolute Gasteiger partial charge is 0.311 e. The van der Waals surface area contributed by atoms with Gasteiger partial charge < -0.3 is 9.64 Å². The number of carbonyl (C=O) groups excluding carboxylic acids is 1. The second kappa shape index (κ2) is 10.8. The van der Waals surface area contributed by atoms with Crippen molar-refractivity contribution in [3.05, 3.63) is 56.8 Å². The monoisotopic (exact) mass is 515 g/mol. The molecule has 0 bridgehead atoms. The van der Waals surface area contributed by atoms with Gasteiger partial charge in [-0.15, -0.1) is 0 Å². The number of nitro groups is 1. The fraction of sp³-hybridized carbons (Fsp3) is 0.560. The average Bonchev–Trinajstić information content (AvgIpc) is 3.67. The topological polar surface area (TPSA) is 108 Å². The zero-order chi connectivity index (χ0) is 25.1. The lowest BCUT2D eigenvalue weighted by Crippen LogP contribution is -2.40. The Kier molecular flexibility index (Phi) is 7.57.